The zero-order valence-corrected chi connectivity index (χ0v) is 12.1. The highest BCUT2D eigenvalue weighted by atomic mass is 16.3. The second-order valence-electron chi connectivity index (χ2n) is 5.66. The second-order valence-corrected chi connectivity index (χ2v) is 5.66. The van der Waals surface area contributed by atoms with Gasteiger partial charge in [-0.25, -0.2) is 0 Å². The van der Waals surface area contributed by atoms with Crippen LogP contribution in [0.25, 0.3) is 0 Å². The van der Waals surface area contributed by atoms with Gasteiger partial charge in [-0.2, -0.15) is 0 Å². The summed E-state index contributed by atoms with van der Waals surface area (Å²) < 4.78 is 0. The predicted molar refractivity (Wildman–Crippen MR) is 79.0 cm³/mol. The summed E-state index contributed by atoms with van der Waals surface area (Å²) in [5.74, 6) is 0.845. The normalized spacial score (nSPS) is 17.1. The van der Waals surface area contributed by atoms with Crippen molar-refractivity contribution < 1.29 is 9.90 Å². The van der Waals surface area contributed by atoms with Crippen molar-refractivity contribution in [2.24, 2.45) is 5.92 Å². The van der Waals surface area contributed by atoms with Gasteiger partial charge in [0.15, 0.2) is 0 Å². The highest BCUT2D eigenvalue weighted by molar-refractivity contribution is 5.78. The van der Waals surface area contributed by atoms with Crippen molar-refractivity contribution >= 4 is 5.91 Å². The molecular formula is C16H24N2O2. The smallest absolute Gasteiger partial charge is 0.234 e. The fourth-order valence-corrected chi connectivity index (χ4v) is 2.56. The lowest BCUT2D eigenvalue weighted by Gasteiger charge is -2.29. The van der Waals surface area contributed by atoms with E-state index < -0.39 is 0 Å². The van der Waals surface area contributed by atoms with Gasteiger partial charge in [0.25, 0.3) is 0 Å². The number of aliphatic hydroxyl groups excluding tert-OH is 1. The summed E-state index contributed by atoms with van der Waals surface area (Å²) in [4.78, 5) is 14.2. The van der Waals surface area contributed by atoms with Crippen LogP contribution in [-0.2, 0) is 17.9 Å². The molecule has 1 fully saturated rings. The SMILES string of the molecule is CC1CCN(CC(=O)NCc2ccccc2CO)CC1. The van der Waals surface area contributed by atoms with E-state index in [-0.39, 0.29) is 12.5 Å². The van der Waals surface area contributed by atoms with E-state index >= 15 is 0 Å². The average Bonchev–Trinajstić information content (AvgIpc) is 2.48. The number of carbonyl (C=O) groups excluding carboxylic acids is 1. The van der Waals surface area contributed by atoms with E-state index in [2.05, 4.69) is 17.1 Å². The quantitative estimate of drug-likeness (QED) is 0.857. The molecule has 0 saturated carbocycles. The van der Waals surface area contributed by atoms with Crippen LogP contribution in [-0.4, -0.2) is 35.5 Å². The Morgan fingerprint density at radius 2 is 1.95 bits per heavy atom. The van der Waals surface area contributed by atoms with Crippen LogP contribution in [0.1, 0.15) is 30.9 Å². The number of rotatable bonds is 5. The number of benzene rings is 1. The zero-order chi connectivity index (χ0) is 14.4. The Hall–Kier alpha value is -1.39. The van der Waals surface area contributed by atoms with E-state index in [1.165, 1.54) is 12.8 Å². The number of nitrogens with zero attached hydrogens (tertiary/aromatic N) is 1. The first-order chi connectivity index (χ1) is 9.69. The molecule has 1 amide bonds. The van der Waals surface area contributed by atoms with Crippen LogP contribution < -0.4 is 5.32 Å². The molecule has 1 aromatic carbocycles. The van der Waals surface area contributed by atoms with E-state index in [9.17, 15) is 9.90 Å². The average molecular weight is 276 g/mol. The van der Waals surface area contributed by atoms with Gasteiger partial charge in [0.2, 0.25) is 5.91 Å². The van der Waals surface area contributed by atoms with Gasteiger partial charge in [-0.3, -0.25) is 9.69 Å². The molecule has 1 aliphatic rings. The number of likely N-dealkylation sites (tertiary alicyclic amines) is 1. The van der Waals surface area contributed by atoms with Crippen LogP contribution in [0.4, 0.5) is 0 Å². The molecule has 0 radical (unpaired) electrons. The van der Waals surface area contributed by atoms with Gasteiger partial charge in [-0.05, 0) is 43.0 Å². The number of hydrogen-bond acceptors (Lipinski definition) is 3. The summed E-state index contributed by atoms with van der Waals surface area (Å²) in [7, 11) is 0. The minimum atomic E-state index is 0.00998. The van der Waals surface area contributed by atoms with Crippen LogP contribution in [0.5, 0.6) is 0 Å². The highest BCUT2D eigenvalue weighted by Gasteiger charge is 2.17. The van der Waals surface area contributed by atoms with Crippen molar-refractivity contribution in [1.82, 2.24) is 10.2 Å². The van der Waals surface area contributed by atoms with Crippen molar-refractivity contribution in [3.05, 3.63) is 35.4 Å². The fraction of sp³-hybridized carbons (Fsp3) is 0.562. The summed E-state index contributed by atoms with van der Waals surface area (Å²) in [6.07, 6.45) is 2.36. The molecule has 0 aromatic heterocycles. The number of hydrogen-bond donors (Lipinski definition) is 2. The Bertz CT molecular complexity index is 440. The van der Waals surface area contributed by atoms with Gasteiger partial charge in [-0.15, -0.1) is 0 Å². The van der Waals surface area contributed by atoms with Crippen LogP contribution in [0.15, 0.2) is 24.3 Å². The first-order valence-electron chi connectivity index (χ1n) is 7.35. The van der Waals surface area contributed by atoms with E-state index in [0.29, 0.717) is 13.1 Å². The topological polar surface area (TPSA) is 52.6 Å². The third-order valence-electron chi connectivity index (χ3n) is 4.01. The molecule has 0 spiro atoms. The molecule has 0 aliphatic carbocycles. The van der Waals surface area contributed by atoms with Crippen LogP contribution in [0.2, 0.25) is 0 Å². The molecule has 4 heteroatoms. The third kappa shape index (κ3) is 4.32. The Labute approximate surface area is 120 Å². The summed E-state index contributed by atoms with van der Waals surface area (Å²) in [5.41, 5.74) is 1.86. The van der Waals surface area contributed by atoms with E-state index in [4.69, 9.17) is 0 Å². The van der Waals surface area contributed by atoms with Crippen molar-refractivity contribution in [2.75, 3.05) is 19.6 Å². The maximum atomic E-state index is 12.0. The first-order valence-corrected chi connectivity index (χ1v) is 7.35. The Morgan fingerprint density at radius 3 is 2.60 bits per heavy atom. The Morgan fingerprint density at radius 1 is 1.30 bits per heavy atom. The van der Waals surface area contributed by atoms with Crippen LogP contribution >= 0.6 is 0 Å². The van der Waals surface area contributed by atoms with Gasteiger partial charge in [0.1, 0.15) is 0 Å². The van der Waals surface area contributed by atoms with Crippen molar-refractivity contribution in [1.29, 1.82) is 0 Å². The summed E-state index contributed by atoms with van der Waals surface area (Å²) >= 11 is 0. The largest absolute Gasteiger partial charge is 0.392 e. The van der Waals surface area contributed by atoms with Crippen LogP contribution in [0, 0.1) is 5.92 Å². The first kappa shape index (κ1) is 15.0. The minimum absolute atomic E-state index is 0.00998. The number of amides is 1. The second kappa shape index (κ2) is 7.41. The highest BCUT2D eigenvalue weighted by Crippen LogP contribution is 2.15. The number of carbonyl (C=O) groups is 1. The van der Waals surface area contributed by atoms with Gasteiger partial charge in [0.05, 0.1) is 13.2 Å². The molecule has 0 unspecified atom stereocenters. The maximum absolute atomic E-state index is 12.0. The molecule has 1 aromatic rings. The lowest BCUT2D eigenvalue weighted by Crippen LogP contribution is -2.41. The van der Waals surface area contributed by atoms with Crippen molar-refractivity contribution in [3.63, 3.8) is 0 Å². The number of nitrogens with one attached hydrogen (secondary N) is 1. The van der Waals surface area contributed by atoms with Gasteiger partial charge in [0, 0.05) is 6.54 Å². The molecule has 0 bridgehead atoms. The van der Waals surface area contributed by atoms with Gasteiger partial charge in [-0.1, -0.05) is 31.2 Å². The maximum Gasteiger partial charge on any atom is 0.234 e. The van der Waals surface area contributed by atoms with E-state index in [1.54, 1.807) is 0 Å². The summed E-state index contributed by atoms with van der Waals surface area (Å²) in [6, 6.07) is 7.64. The van der Waals surface area contributed by atoms with E-state index in [1.807, 2.05) is 24.3 Å². The molecule has 1 heterocycles. The molecule has 1 aliphatic heterocycles. The lowest BCUT2D eigenvalue weighted by atomic mass is 9.99. The molecule has 20 heavy (non-hydrogen) atoms. The van der Waals surface area contributed by atoms with Crippen LogP contribution in [0.3, 0.4) is 0 Å². The standard InChI is InChI=1S/C16H24N2O2/c1-13-6-8-18(9-7-13)11-16(20)17-10-14-4-2-3-5-15(14)12-19/h2-5,13,19H,6-12H2,1H3,(H,17,20). The third-order valence-corrected chi connectivity index (χ3v) is 4.01. The number of piperidine rings is 1. The lowest BCUT2D eigenvalue weighted by molar-refractivity contribution is -0.122. The van der Waals surface area contributed by atoms with Gasteiger partial charge >= 0.3 is 0 Å². The van der Waals surface area contributed by atoms with E-state index in [0.717, 1.165) is 30.1 Å². The molecule has 2 N–H and O–H groups in total. The summed E-state index contributed by atoms with van der Waals surface area (Å²) in [6.45, 7) is 5.27. The molecule has 110 valence electrons. The zero-order valence-electron chi connectivity index (χ0n) is 12.1. The Balaban J connectivity index is 1.77. The van der Waals surface area contributed by atoms with Crippen molar-refractivity contribution in [3.8, 4) is 0 Å². The molecule has 0 atom stereocenters. The fourth-order valence-electron chi connectivity index (χ4n) is 2.56. The molecule has 1 saturated heterocycles. The van der Waals surface area contributed by atoms with Crippen molar-refractivity contribution in [2.45, 2.75) is 32.9 Å². The minimum Gasteiger partial charge on any atom is -0.392 e. The van der Waals surface area contributed by atoms with Gasteiger partial charge < -0.3 is 10.4 Å². The summed E-state index contributed by atoms with van der Waals surface area (Å²) in [5, 5.41) is 12.2. The predicted octanol–water partition coefficient (Wildman–Crippen LogP) is 1.53. The molecule has 4 nitrogen and oxygen atoms in total. The molecule has 2 rings (SSSR count). The molecular weight excluding hydrogens is 252 g/mol. The monoisotopic (exact) mass is 276 g/mol. The number of aliphatic hydroxyl groups is 1. The Kier molecular flexibility index (Phi) is 5.56.